The molecule has 0 saturated carbocycles. The van der Waals surface area contributed by atoms with Crippen LogP contribution in [0.2, 0.25) is 0 Å². The van der Waals surface area contributed by atoms with Crippen LogP contribution in [0, 0.1) is 0 Å². The van der Waals surface area contributed by atoms with E-state index in [-0.39, 0.29) is 5.92 Å². The average Bonchev–Trinajstić information content (AvgIpc) is 2.70. The Kier molecular flexibility index (Phi) is 2.73. The largest absolute Gasteiger partial charge is 0.345 e. The summed E-state index contributed by atoms with van der Waals surface area (Å²) in [6.45, 7) is 6.17. The molecule has 0 aromatic carbocycles. The summed E-state index contributed by atoms with van der Waals surface area (Å²) >= 11 is 0. The smallest absolute Gasteiger partial charge is 0.152 e. The van der Waals surface area contributed by atoms with Gasteiger partial charge < -0.3 is 4.98 Å². The number of carbonyl (C=O) groups is 1. The molecule has 0 aliphatic rings. The first-order chi connectivity index (χ1) is 7.67. The molecule has 0 aliphatic carbocycles. The monoisotopic (exact) mass is 217 g/mol. The van der Waals surface area contributed by atoms with E-state index < -0.39 is 0 Å². The number of fused-ring (bicyclic) bond motifs is 1. The van der Waals surface area contributed by atoms with E-state index in [0.717, 1.165) is 35.3 Å². The maximum atomic E-state index is 10.9. The first-order valence-electron chi connectivity index (χ1n) is 5.50. The zero-order valence-electron chi connectivity index (χ0n) is 9.74. The third kappa shape index (κ3) is 1.60. The third-order valence-corrected chi connectivity index (χ3v) is 2.63. The van der Waals surface area contributed by atoms with Crippen molar-refractivity contribution in [2.24, 2.45) is 0 Å². The topological polar surface area (TPSA) is 58.6 Å². The van der Waals surface area contributed by atoms with Gasteiger partial charge in [-0.1, -0.05) is 20.8 Å². The number of aryl methyl sites for hydroxylation is 1. The molecule has 4 nitrogen and oxygen atoms in total. The van der Waals surface area contributed by atoms with Crippen molar-refractivity contribution in [3.63, 3.8) is 0 Å². The van der Waals surface area contributed by atoms with Gasteiger partial charge in [-0.25, -0.2) is 9.97 Å². The van der Waals surface area contributed by atoms with Gasteiger partial charge in [-0.3, -0.25) is 4.79 Å². The van der Waals surface area contributed by atoms with Crippen LogP contribution in [-0.2, 0) is 6.42 Å². The summed E-state index contributed by atoms with van der Waals surface area (Å²) in [5.41, 5.74) is 2.35. The summed E-state index contributed by atoms with van der Waals surface area (Å²) in [5.74, 6) is 1.10. The lowest BCUT2D eigenvalue weighted by atomic mass is 10.0. The van der Waals surface area contributed by atoms with Gasteiger partial charge in [0.15, 0.2) is 6.29 Å². The standard InChI is InChI=1S/C12H15N3O/c1-4-9-14-11(7(2)3)10-8(6-16)5-13-12(10)15-9/h5-7H,4H2,1-3H3,(H,13,14,15). The predicted molar refractivity (Wildman–Crippen MR) is 62.7 cm³/mol. The van der Waals surface area contributed by atoms with Crippen LogP contribution < -0.4 is 0 Å². The highest BCUT2D eigenvalue weighted by molar-refractivity contribution is 5.97. The fraction of sp³-hybridized carbons (Fsp3) is 0.417. The second-order valence-corrected chi connectivity index (χ2v) is 4.12. The van der Waals surface area contributed by atoms with Gasteiger partial charge in [0.1, 0.15) is 11.5 Å². The van der Waals surface area contributed by atoms with E-state index in [1.807, 2.05) is 6.92 Å². The van der Waals surface area contributed by atoms with Gasteiger partial charge in [-0.05, 0) is 5.92 Å². The van der Waals surface area contributed by atoms with Crippen LogP contribution in [0.4, 0.5) is 0 Å². The van der Waals surface area contributed by atoms with E-state index >= 15 is 0 Å². The van der Waals surface area contributed by atoms with Gasteiger partial charge in [-0.15, -0.1) is 0 Å². The molecule has 0 radical (unpaired) electrons. The highest BCUT2D eigenvalue weighted by Crippen LogP contribution is 2.24. The molecule has 0 spiro atoms. The molecule has 84 valence electrons. The first kappa shape index (κ1) is 10.8. The van der Waals surface area contributed by atoms with Crippen LogP contribution in [-0.4, -0.2) is 21.2 Å². The number of nitrogens with one attached hydrogen (secondary N) is 1. The molecule has 0 atom stereocenters. The summed E-state index contributed by atoms with van der Waals surface area (Å²) in [7, 11) is 0. The highest BCUT2D eigenvalue weighted by Gasteiger charge is 2.14. The molecule has 2 rings (SSSR count). The number of H-pyrrole nitrogens is 1. The Balaban J connectivity index is 2.79. The van der Waals surface area contributed by atoms with Crippen molar-refractivity contribution in [1.29, 1.82) is 0 Å². The Morgan fingerprint density at radius 2 is 2.19 bits per heavy atom. The lowest BCUT2D eigenvalue weighted by Crippen LogP contribution is -2.02. The molecule has 1 N–H and O–H groups in total. The minimum Gasteiger partial charge on any atom is -0.345 e. The summed E-state index contributed by atoms with van der Waals surface area (Å²) in [6.07, 6.45) is 3.34. The number of aldehydes is 1. The van der Waals surface area contributed by atoms with E-state index in [4.69, 9.17) is 0 Å². The molecule has 0 unspecified atom stereocenters. The summed E-state index contributed by atoms with van der Waals surface area (Å²) in [4.78, 5) is 22.9. The minimum absolute atomic E-state index is 0.283. The fourth-order valence-electron chi connectivity index (χ4n) is 1.80. The first-order valence-corrected chi connectivity index (χ1v) is 5.50. The lowest BCUT2D eigenvalue weighted by Gasteiger charge is -2.08. The SMILES string of the molecule is CCc1nc(C(C)C)c2c(C=O)c[nH]c2n1. The Morgan fingerprint density at radius 3 is 2.75 bits per heavy atom. The molecule has 0 amide bonds. The van der Waals surface area contributed by atoms with E-state index in [9.17, 15) is 4.79 Å². The van der Waals surface area contributed by atoms with Gasteiger partial charge in [-0.2, -0.15) is 0 Å². The number of carbonyl (C=O) groups excluding carboxylic acids is 1. The lowest BCUT2D eigenvalue weighted by molar-refractivity contribution is 0.112. The van der Waals surface area contributed by atoms with Crippen LogP contribution in [0.15, 0.2) is 6.20 Å². The maximum absolute atomic E-state index is 10.9. The van der Waals surface area contributed by atoms with Crippen LogP contribution in [0.3, 0.4) is 0 Å². The van der Waals surface area contributed by atoms with Gasteiger partial charge in [0, 0.05) is 18.2 Å². The van der Waals surface area contributed by atoms with Crippen LogP contribution >= 0.6 is 0 Å². The molecule has 0 saturated heterocycles. The number of nitrogens with zero attached hydrogens (tertiary/aromatic N) is 2. The summed E-state index contributed by atoms with van der Waals surface area (Å²) in [5, 5.41) is 0.863. The number of hydrogen-bond donors (Lipinski definition) is 1. The van der Waals surface area contributed by atoms with E-state index in [2.05, 4.69) is 28.8 Å². The van der Waals surface area contributed by atoms with E-state index in [0.29, 0.717) is 5.56 Å². The van der Waals surface area contributed by atoms with Gasteiger partial charge >= 0.3 is 0 Å². The Morgan fingerprint density at radius 1 is 1.44 bits per heavy atom. The molecule has 2 aromatic heterocycles. The number of rotatable bonds is 3. The zero-order valence-corrected chi connectivity index (χ0v) is 9.74. The molecule has 2 heterocycles. The van der Waals surface area contributed by atoms with Gasteiger partial charge in [0.2, 0.25) is 0 Å². The zero-order chi connectivity index (χ0) is 11.7. The van der Waals surface area contributed by atoms with Crippen molar-refractivity contribution in [3.8, 4) is 0 Å². The third-order valence-electron chi connectivity index (χ3n) is 2.63. The number of hydrogen-bond acceptors (Lipinski definition) is 3. The molecule has 4 heteroatoms. The van der Waals surface area contributed by atoms with E-state index in [1.54, 1.807) is 6.20 Å². The molecular formula is C12H15N3O. The van der Waals surface area contributed by atoms with Crippen LogP contribution in [0.5, 0.6) is 0 Å². The maximum Gasteiger partial charge on any atom is 0.152 e. The molecule has 0 bridgehead atoms. The molecule has 0 aliphatic heterocycles. The Hall–Kier alpha value is -1.71. The van der Waals surface area contributed by atoms with Crippen molar-refractivity contribution >= 4 is 17.3 Å². The second kappa shape index (κ2) is 4.04. The predicted octanol–water partition coefficient (Wildman–Crippen LogP) is 2.46. The minimum atomic E-state index is 0.283. The fourth-order valence-corrected chi connectivity index (χ4v) is 1.80. The van der Waals surface area contributed by atoms with Crippen molar-refractivity contribution in [2.45, 2.75) is 33.1 Å². The Bertz CT molecular complexity index is 528. The molecule has 0 fully saturated rings. The number of aromatic nitrogens is 3. The van der Waals surface area contributed by atoms with Gasteiger partial charge in [0.05, 0.1) is 11.1 Å². The Labute approximate surface area is 94.1 Å². The average molecular weight is 217 g/mol. The number of aromatic amines is 1. The molecule has 2 aromatic rings. The van der Waals surface area contributed by atoms with Crippen molar-refractivity contribution < 1.29 is 4.79 Å². The van der Waals surface area contributed by atoms with Crippen molar-refractivity contribution in [2.75, 3.05) is 0 Å². The van der Waals surface area contributed by atoms with E-state index in [1.165, 1.54) is 0 Å². The second-order valence-electron chi connectivity index (χ2n) is 4.12. The molecular weight excluding hydrogens is 202 g/mol. The summed E-state index contributed by atoms with van der Waals surface area (Å²) < 4.78 is 0. The quantitative estimate of drug-likeness (QED) is 0.803. The van der Waals surface area contributed by atoms with Crippen molar-refractivity contribution in [3.05, 3.63) is 23.3 Å². The van der Waals surface area contributed by atoms with Crippen molar-refractivity contribution in [1.82, 2.24) is 15.0 Å². The van der Waals surface area contributed by atoms with Crippen LogP contribution in [0.25, 0.3) is 11.0 Å². The van der Waals surface area contributed by atoms with Gasteiger partial charge in [0.25, 0.3) is 0 Å². The highest BCUT2D eigenvalue weighted by atomic mass is 16.1. The molecule has 16 heavy (non-hydrogen) atoms. The van der Waals surface area contributed by atoms with Crippen LogP contribution in [0.1, 0.15) is 48.6 Å². The summed E-state index contributed by atoms with van der Waals surface area (Å²) in [6, 6.07) is 0. The normalized spacial score (nSPS) is 11.2.